The fraction of sp³-hybridized carbons (Fsp3) is 0.0222. The zero-order valence-electron chi connectivity index (χ0n) is 26.5. The Labute approximate surface area is 288 Å². The molecule has 1 aliphatic heterocycles. The van der Waals surface area contributed by atoms with Gasteiger partial charge in [0.15, 0.2) is 0 Å². The lowest BCUT2D eigenvalue weighted by Crippen LogP contribution is -2.11. The third-order valence-electron chi connectivity index (χ3n) is 9.68. The molecule has 0 saturated heterocycles. The van der Waals surface area contributed by atoms with Crippen LogP contribution in [0, 0.1) is 0 Å². The number of hydrogen-bond donors (Lipinski definition) is 1. The van der Waals surface area contributed by atoms with Crippen molar-refractivity contribution in [2.75, 3.05) is 10.2 Å². The van der Waals surface area contributed by atoms with Crippen molar-refractivity contribution >= 4 is 78.0 Å². The molecule has 1 aliphatic rings. The van der Waals surface area contributed by atoms with Crippen LogP contribution in [0.25, 0.3) is 54.6 Å². The average molecular weight is 647 g/mol. The van der Waals surface area contributed by atoms with Gasteiger partial charge >= 0.3 is 0 Å². The fourth-order valence-corrected chi connectivity index (χ4v) is 8.52. The van der Waals surface area contributed by atoms with E-state index in [4.69, 9.17) is 4.42 Å². The molecule has 9 aromatic rings. The van der Waals surface area contributed by atoms with Crippen molar-refractivity contribution in [1.29, 1.82) is 0 Å². The lowest BCUT2D eigenvalue weighted by Gasteiger charge is -2.28. The van der Waals surface area contributed by atoms with Gasteiger partial charge in [-0.1, -0.05) is 127 Å². The highest BCUT2D eigenvalue weighted by atomic mass is 32.2. The van der Waals surface area contributed by atoms with E-state index in [0.29, 0.717) is 0 Å². The second-order valence-corrected chi connectivity index (χ2v) is 13.7. The highest BCUT2D eigenvalue weighted by molar-refractivity contribution is 8.00. The zero-order chi connectivity index (χ0) is 32.3. The highest BCUT2D eigenvalue weighted by Gasteiger charge is 2.26. The van der Waals surface area contributed by atoms with Crippen LogP contribution >= 0.6 is 11.8 Å². The average Bonchev–Trinajstić information content (AvgIpc) is 3.77. The maximum absolute atomic E-state index is 6.32. The van der Waals surface area contributed by atoms with Gasteiger partial charge in [-0.2, -0.15) is 0 Å². The smallest absolute Gasteiger partial charge is 0.136 e. The normalized spacial score (nSPS) is 14.0. The molecule has 0 radical (unpaired) electrons. The van der Waals surface area contributed by atoms with E-state index in [1.165, 1.54) is 37.7 Å². The van der Waals surface area contributed by atoms with E-state index in [1.54, 1.807) is 0 Å². The number of para-hydroxylation sites is 3. The lowest BCUT2D eigenvalue weighted by atomic mass is 9.98. The SMILES string of the molecule is c1ccc(C2Nc3c(ccc4ccc5ccc(N(c6ccccc6)c6ccccc6-c6ccc7c(c6)oc6ccccc67)cc5c34)S2)cc1. The van der Waals surface area contributed by atoms with Crippen molar-refractivity contribution in [2.45, 2.75) is 10.3 Å². The molecule has 0 fully saturated rings. The predicted octanol–water partition coefficient (Wildman–Crippen LogP) is 13.2. The molecule has 0 spiro atoms. The summed E-state index contributed by atoms with van der Waals surface area (Å²) in [5, 5.41) is 11.3. The van der Waals surface area contributed by atoms with E-state index in [-0.39, 0.29) is 5.37 Å². The molecule has 0 aliphatic carbocycles. The summed E-state index contributed by atoms with van der Waals surface area (Å²) in [6, 6.07) is 60.8. The van der Waals surface area contributed by atoms with Crippen molar-refractivity contribution in [3.8, 4) is 11.1 Å². The van der Waals surface area contributed by atoms with Crippen LogP contribution in [0.5, 0.6) is 0 Å². The van der Waals surface area contributed by atoms with E-state index in [1.807, 2.05) is 23.9 Å². The van der Waals surface area contributed by atoms with E-state index in [9.17, 15) is 0 Å². The molecular formula is C45H30N2OS. The Balaban J connectivity index is 1.15. The lowest BCUT2D eigenvalue weighted by molar-refractivity contribution is 0.669. The van der Waals surface area contributed by atoms with E-state index >= 15 is 0 Å². The monoisotopic (exact) mass is 646 g/mol. The van der Waals surface area contributed by atoms with Crippen molar-refractivity contribution in [1.82, 2.24) is 0 Å². The summed E-state index contributed by atoms with van der Waals surface area (Å²) < 4.78 is 6.32. The standard InChI is InChI=1S/C45H30N2OS/c1-3-11-31(12-4-1)45-46-44-42(49-45)26-23-30-20-19-29-21-24-34(28-38(29)43(30)44)47(33-13-5-2-6-14-33)39-17-9-7-15-35(39)32-22-25-37-36-16-8-10-18-40(36)48-41(37)27-32/h1-28,45-46H. The van der Waals surface area contributed by atoms with Gasteiger partial charge < -0.3 is 14.6 Å². The first-order valence-corrected chi connectivity index (χ1v) is 17.5. The minimum absolute atomic E-state index is 0.178. The van der Waals surface area contributed by atoms with Gasteiger partial charge in [-0.3, -0.25) is 0 Å². The van der Waals surface area contributed by atoms with Crippen molar-refractivity contribution in [2.24, 2.45) is 0 Å². The third-order valence-corrected chi connectivity index (χ3v) is 10.9. The van der Waals surface area contributed by atoms with E-state index < -0.39 is 0 Å². The number of furan rings is 1. The van der Waals surface area contributed by atoms with Crippen LogP contribution in [0.4, 0.5) is 22.7 Å². The topological polar surface area (TPSA) is 28.4 Å². The van der Waals surface area contributed by atoms with Crippen LogP contribution in [-0.2, 0) is 0 Å². The molecule has 3 nitrogen and oxygen atoms in total. The van der Waals surface area contributed by atoms with Crippen LogP contribution in [0.2, 0.25) is 0 Å². The largest absolute Gasteiger partial charge is 0.456 e. The van der Waals surface area contributed by atoms with Gasteiger partial charge in [0.25, 0.3) is 0 Å². The zero-order valence-corrected chi connectivity index (χ0v) is 27.3. The molecule has 1 atom stereocenters. The van der Waals surface area contributed by atoms with Gasteiger partial charge in [-0.25, -0.2) is 0 Å². The molecule has 10 rings (SSSR count). The first-order valence-electron chi connectivity index (χ1n) is 16.6. The first kappa shape index (κ1) is 28.1. The summed E-state index contributed by atoms with van der Waals surface area (Å²) in [6.07, 6.45) is 0. The van der Waals surface area contributed by atoms with E-state index in [0.717, 1.165) is 50.1 Å². The minimum Gasteiger partial charge on any atom is -0.456 e. The molecule has 232 valence electrons. The second kappa shape index (κ2) is 11.3. The van der Waals surface area contributed by atoms with Gasteiger partial charge in [-0.15, -0.1) is 0 Å². The quantitative estimate of drug-likeness (QED) is 0.188. The Morgan fingerprint density at radius 1 is 0.531 bits per heavy atom. The first-order chi connectivity index (χ1) is 24.3. The van der Waals surface area contributed by atoms with Gasteiger partial charge in [-0.05, 0) is 81.9 Å². The predicted molar refractivity (Wildman–Crippen MR) is 208 cm³/mol. The Morgan fingerprint density at radius 2 is 1.24 bits per heavy atom. The molecule has 1 N–H and O–H groups in total. The molecule has 0 saturated carbocycles. The summed E-state index contributed by atoms with van der Waals surface area (Å²) in [5.74, 6) is 0. The Morgan fingerprint density at radius 3 is 2.14 bits per heavy atom. The number of nitrogens with zero attached hydrogens (tertiary/aromatic N) is 1. The maximum atomic E-state index is 6.32. The summed E-state index contributed by atoms with van der Waals surface area (Å²) in [7, 11) is 0. The Kier molecular flexibility index (Phi) is 6.49. The van der Waals surface area contributed by atoms with E-state index in [2.05, 4.69) is 168 Å². The molecule has 1 unspecified atom stereocenters. The minimum atomic E-state index is 0.178. The summed E-state index contributed by atoms with van der Waals surface area (Å²) in [5.41, 5.74) is 9.85. The third kappa shape index (κ3) is 4.67. The molecule has 2 heterocycles. The molecular weight excluding hydrogens is 617 g/mol. The molecule has 0 bridgehead atoms. The fourth-order valence-electron chi connectivity index (χ4n) is 7.37. The number of rotatable bonds is 5. The van der Waals surface area contributed by atoms with Crippen molar-refractivity contribution < 1.29 is 4.42 Å². The van der Waals surface area contributed by atoms with Crippen molar-refractivity contribution in [3.63, 3.8) is 0 Å². The number of nitrogens with one attached hydrogen (secondary N) is 1. The highest BCUT2D eigenvalue weighted by Crippen LogP contribution is 2.51. The van der Waals surface area contributed by atoms with Gasteiger partial charge in [0.2, 0.25) is 0 Å². The number of hydrogen-bond acceptors (Lipinski definition) is 4. The Bertz CT molecular complexity index is 2680. The van der Waals surface area contributed by atoms with Crippen LogP contribution in [0.15, 0.2) is 179 Å². The molecule has 8 aromatic carbocycles. The van der Waals surface area contributed by atoms with Gasteiger partial charge in [0.1, 0.15) is 16.5 Å². The molecule has 4 heteroatoms. The van der Waals surface area contributed by atoms with Crippen LogP contribution in [0.3, 0.4) is 0 Å². The number of thioether (sulfide) groups is 1. The summed E-state index contributed by atoms with van der Waals surface area (Å²) in [4.78, 5) is 3.67. The second-order valence-electron chi connectivity index (χ2n) is 12.6. The number of fused-ring (bicyclic) bond motifs is 8. The van der Waals surface area contributed by atoms with Crippen molar-refractivity contribution in [3.05, 3.63) is 175 Å². The molecule has 49 heavy (non-hydrogen) atoms. The van der Waals surface area contributed by atoms with Crippen LogP contribution in [0.1, 0.15) is 10.9 Å². The molecule has 0 amide bonds. The summed E-state index contributed by atoms with van der Waals surface area (Å²) >= 11 is 1.89. The van der Waals surface area contributed by atoms with Crippen LogP contribution < -0.4 is 10.2 Å². The number of benzene rings is 8. The Hall–Kier alpha value is -5.97. The molecule has 1 aromatic heterocycles. The number of anilines is 4. The summed E-state index contributed by atoms with van der Waals surface area (Å²) in [6.45, 7) is 0. The van der Waals surface area contributed by atoms with Gasteiger partial charge in [0.05, 0.1) is 11.4 Å². The van der Waals surface area contributed by atoms with Crippen LogP contribution in [-0.4, -0.2) is 0 Å². The maximum Gasteiger partial charge on any atom is 0.136 e. The van der Waals surface area contributed by atoms with Gasteiger partial charge in [0, 0.05) is 38.0 Å².